The van der Waals surface area contributed by atoms with Gasteiger partial charge in [0.15, 0.2) is 12.4 Å². The minimum absolute atomic E-state index is 0.281. The first kappa shape index (κ1) is 22.1. The molecule has 168 valence electrons. The third-order valence-electron chi connectivity index (χ3n) is 5.37. The van der Waals surface area contributed by atoms with Crippen molar-refractivity contribution >= 4 is 28.5 Å². The Bertz CT molecular complexity index is 1260. The van der Waals surface area contributed by atoms with Gasteiger partial charge in [-0.3, -0.25) is 4.79 Å². The summed E-state index contributed by atoms with van der Waals surface area (Å²) in [5.41, 5.74) is 3.91. The number of carbonyl (C=O) groups is 2. The largest absolute Gasteiger partial charge is 0.452 e. The summed E-state index contributed by atoms with van der Waals surface area (Å²) in [6.45, 7) is 0.0928. The second-order valence-electron chi connectivity index (χ2n) is 8.00. The number of nitrogens with zero attached hydrogens (tertiary/aromatic N) is 3. The van der Waals surface area contributed by atoms with Crippen LogP contribution in [0.15, 0.2) is 77.3 Å². The Morgan fingerprint density at radius 1 is 0.939 bits per heavy atom. The molecule has 0 bridgehead atoms. The van der Waals surface area contributed by atoms with E-state index in [9.17, 15) is 9.59 Å². The van der Waals surface area contributed by atoms with Crippen LogP contribution in [0.5, 0.6) is 0 Å². The van der Waals surface area contributed by atoms with Gasteiger partial charge in [-0.05, 0) is 35.9 Å². The lowest BCUT2D eigenvalue weighted by molar-refractivity contribution is -0.133. The Morgan fingerprint density at radius 2 is 1.67 bits per heavy atom. The van der Waals surface area contributed by atoms with Crippen molar-refractivity contribution in [3.05, 3.63) is 83.9 Å². The number of amides is 1. The van der Waals surface area contributed by atoms with Crippen molar-refractivity contribution < 1.29 is 18.8 Å². The van der Waals surface area contributed by atoms with Crippen LogP contribution < -0.4 is 4.90 Å². The summed E-state index contributed by atoms with van der Waals surface area (Å²) in [5, 5.41) is 4.77. The highest BCUT2D eigenvalue weighted by atomic mass is 16.5. The van der Waals surface area contributed by atoms with E-state index in [2.05, 4.69) is 5.16 Å². The molecule has 0 spiro atoms. The molecule has 7 heteroatoms. The fourth-order valence-corrected chi connectivity index (χ4v) is 3.45. The van der Waals surface area contributed by atoms with Gasteiger partial charge in [0.05, 0.1) is 10.9 Å². The minimum Gasteiger partial charge on any atom is -0.452 e. The van der Waals surface area contributed by atoms with E-state index < -0.39 is 5.97 Å². The first-order valence-corrected chi connectivity index (χ1v) is 10.5. The van der Waals surface area contributed by atoms with Gasteiger partial charge in [0, 0.05) is 38.9 Å². The van der Waals surface area contributed by atoms with E-state index in [1.165, 1.54) is 4.90 Å². The number of ether oxygens (including phenoxy) is 1. The van der Waals surface area contributed by atoms with Crippen LogP contribution in [0.25, 0.3) is 22.2 Å². The number of aromatic nitrogens is 1. The molecule has 0 aliphatic rings. The lowest BCUT2D eigenvalue weighted by Crippen LogP contribution is -2.30. The molecule has 1 aromatic heterocycles. The summed E-state index contributed by atoms with van der Waals surface area (Å²) in [5.74, 6) is -0.276. The topological polar surface area (TPSA) is 75.9 Å². The van der Waals surface area contributed by atoms with Gasteiger partial charge in [0.2, 0.25) is 0 Å². The van der Waals surface area contributed by atoms with E-state index in [0.29, 0.717) is 28.8 Å². The molecule has 0 unspecified atom stereocenters. The van der Waals surface area contributed by atoms with Crippen LogP contribution >= 0.6 is 0 Å². The van der Waals surface area contributed by atoms with Crippen molar-refractivity contribution in [1.29, 1.82) is 0 Å². The highest BCUT2D eigenvalue weighted by Crippen LogP contribution is 2.29. The fourth-order valence-electron chi connectivity index (χ4n) is 3.45. The predicted molar refractivity (Wildman–Crippen MR) is 127 cm³/mol. The molecule has 0 radical (unpaired) electrons. The monoisotopic (exact) mass is 443 g/mol. The molecule has 33 heavy (non-hydrogen) atoms. The molecule has 0 atom stereocenters. The maximum atomic E-state index is 12.6. The smallest absolute Gasteiger partial charge is 0.338 e. The van der Waals surface area contributed by atoms with Crippen molar-refractivity contribution in [2.75, 3.05) is 32.6 Å². The number of rotatable bonds is 7. The van der Waals surface area contributed by atoms with Crippen LogP contribution in [0.3, 0.4) is 0 Å². The van der Waals surface area contributed by atoms with E-state index in [1.54, 1.807) is 25.2 Å². The molecule has 1 heterocycles. The number of likely N-dealkylation sites (N-methyl/N-ethyl adjacent to an activating group) is 1. The van der Waals surface area contributed by atoms with E-state index in [4.69, 9.17) is 9.26 Å². The molecule has 0 saturated heterocycles. The number of fused-ring (bicyclic) bond motifs is 1. The lowest BCUT2D eigenvalue weighted by atomic mass is 10.1. The van der Waals surface area contributed by atoms with Crippen molar-refractivity contribution in [2.45, 2.75) is 6.54 Å². The van der Waals surface area contributed by atoms with Gasteiger partial charge >= 0.3 is 5.97 Å². The zero-order valence-corrected chi connectivity index (χ0v) is 18.8. The van der Waals surface area contributed by atoms with Gasteiger partial charge in [0.25, 0.3) is 5.91 Å². The van der Waals surface area contributed by atoms with Gasteiger partial charge in [-0.15, -0.1) is 0 Å². The van der Waals surface area contributed by atoms with Crippen molar-refractivity contribution in [1.82, 2.24) is 10.1 Å². The van der Waals surface area contributed by atoms with E-state index in [-0.39, 0.29) is 12.5 Å². The first-order valence-electron chi connectivity index (χ1n) is 10.5. The van der Waals surface area contributed by atoms with Crippen molar-refractivity contribution in [3.63, 3.8) is 0 Å². The van der Waals surface area contributed by atoms with Crippen LogP contribution in [0.1, 0.15) is 15.9 Å². The number of hydrogen-bond donors (Lipinski definition) is 0. The summed E-state index contributed by atoms with van der Waals surface area (Å²) in [6, 6.07) is 22.5. The molecule has 4 rings (SSSR count). The number of carbonyl (C=O) groups excluding carboxylic acids is 2. The Kier molecular flexibility index (Phi) is 6.40. The molecule has 0 aliphatic carbocycles. The Labute approximate surface area is 192 Å². The van der Waals surface area contributed by atoms with E-state index >= 15 is 0 Å². The summed E-state index contributed by atoms with van der Waals surface area (Å²) in [7, 11) is 5.63. The average Bonchev–Trinajstić information content (AvgIpc) is 3.26. The zero-order valence-electron chi connectivity index (χ0n) is 18.8. The van der Waals surface area contributed by atoms with Gasteiger partial charge in [-0.1, -0.05) is 47.6 Å². The third kappa shape index (κ3) is 5.03. The highest BCUT2D eigenvalue weighted by molar-refractivity contribution is 5.99. The van der Waals surface area contributed by atoms with Crippen LogP contribution in [0.4, 0.5) is 5.69 Å². The second-order valence-corrected chi connectivity index (χ2v) is 8.00. The molecule has 3 aromatic carbocycles. The van der Waals surface area contributed by atoms with E-state index in [0.717, 1.165) is 16.8 Å². The third-order valence-corrected chi connectivity index (χ3v) is 5.37. The molecule has 4 aromatic rings. The molecular weight excluding hydrogens is 418 g/mol. The van der Waals surface area contributed by atoms with Crippen LogP contribution in [0.2, 0.25) is 0 Å². The normalized spacial score (nSPS) is 10.8. The Hall–Kier alpha value is -4.13. The molecular formula is C26H25N3O4. The van der Waals surface area contributed by atoms with Gasteiger partial charge in [-0.2, -0.15) is 0 Å². The van der Waals surface area contributed by atoms with Gasteiger partial charge in [-0.25, -0.2) is 4.79 Å². The zero-order chi connectivity index (χ0) is 23.4. The molecule has 1 amide bonds. The molecule has 0 saturated carbocycles. The maximum Gasteiger partial charge on any atom is 0.338 e. The number of anilines is 1. The predicted octanol–water partition coefficient (Wildman–Crippen LogP) is 4.38. The SMILES string of the molecule is CN(Cc1ccc(N(C)C)cc1)C(=O)COC(=O)c1ccc2noc(-c3ccccc3)c2c1. The molecule has 0 aliphatic heterocycles. The van der Waals surface area contributed by atoms with Crippen LogP contribution in [-0.4, -0.2) is 49.7 Å². The van der Waals surface area contributed by atoms with Gasteiger partial charge in [0.1, 0.15) is 5.52 Å². The quantitative estimate of drug-likeness (QED) is 0.395. The maximum absolute atomic E-state index is 12.6. The first-order chi connectivity index (χ1) is 15.9. The highest BCUT2D eigenvalue weighted by Gasteiger charge is 2.17. The van der Waals surface area contributed by atoms with Crippen LogP contribution in [0, 0.1) is 0 Å². The number of benzene rings is 3. The fraction of sp³-hybridized carbons (Fsp3) is 0.192. The standard InChI is InChI=1S/C26H25N3O4/c1-28(2)21-12-9-18(10-13-21)16-29(3)24(30)17-32-26(31)20-11-14-23-22(15-20)25(33-27-23)19-7-5-4-6-8-19/h4-15H,16-17H2,1-3H3. The minimum atomic E-state index is -0.575. The number of hydrogen-bond acceptors (Lipinski definition) is 6. The average molecular weight is 444 g/mol. The van der Waals surface area contributed by atoms with Crippen molar-refractivity contribution in [3.8, 4) is 11.3 Å². The van der Waals surface area contributed by atoms with Crippen LogP contribution in [-0.2, 0) is 16.1 Å². The summed E-state index contributed by atoms with van der Waals surface area (Å²) in [6.07, 6.45) is 0. The molecule has 0 fully saturated rings. The van der Waals surface area contributed by atoms with E-state index in [1.807, 2.05) is 73.6 Å². The molecule has 0 N–H and O–H groups in total. The lowest BCUT2D eigenvalue weighted by Gasteiger charge is -2.18. The Morgan fingerprint density at radius 3 is 2.36 bits per heavy atom. The summed E-state index contributed by atoms with van der Waals surface area (Å²) < 4.78 is 10.8. The Balaban J connectivity index is 1.39. The van der Waals surface area contributed by atoms with Gasteiger partial charge < -0.3 is 19.1 Å². The number of esters is 1. The second kappa shape index (κ2) is 9.56. The molecule has 7 nitrogen and oxygen atoms in total. The van der Waals surface area contributed by atoms with Crippen molar-refractivity contribution in [2.24, 2.45) is 0 Å². The summed E-state index contributed by atoms with van der Waals surface area (Å²) >= 11 is 0. The summed E-state index contributed by atoms with van der Waals surface area (Å²) in [4.78, 5) is 28.6.